The molecule has 0 saturated carbocycles. The molecule has 0 N–H and O–H groups in total. The zero-order chi connectivity index (χ0) is 14.8. The van der Waals surface area contributed by atoms with Crippen LogP contribution >= 0.6 is 27.5 Å². The number of nitrogens with zero attached hydrogens (tertiary/aromatic N) is 2. The first-order chi connectivity index (χ1) is 10.2. The molecule has 0 unspecified atom stereocenters. The summed E-state index contributed by atoms with van der Waals surface area (Å²) in [4.78, 5) is 4.31. The van der Waals surface area contributed by atoms with Crippen molar-refractivity contribution in [3.05, 3.63) is 63.7 Å². The second-order valence-corrected chi connectivity index (χ2v) is 5.62. The van der Waals surface area contributed by atoms with Gasteiger partial charge in [-0.05, 0) is 42.5 Å². The highest BCUT2D eigenvalue weighted by molar-refractivity contribution is 9.10. The molecule has 3 nitrogen and oxygen atoms in total. The Kier molecular flexibility index (Phi) is 3.78. The maximum Gasteiger partial charge on any atom is 0.153 e. The fourth-order valence-electron chi connectivity index (χ4n) is 1.99. The van der Waals surface area contributed by atoms with Crippen LogP contribution in [0.1, 0.15) is 5.56 Å². The molecule has 1 heterocycles. The molecule has 0 atom stereocenters. The average Bonchev–Trinajstić information content (AvgIpc) is 2.51. The zero-order valence-electron chi connectivity index (χ0n) is 10.7. The standard InChI is InChI=1S/C16H8BrClN2O/c17-11-4-3-10(9-19)15(8-11)21-14-6-5-13(18)12-2-1-7-20-16(12)14/h1-8H. The van der Waals surface area contributed by atoms with E-state index in [4.69, 9.17) is 21.6 Å². The fraction of sp³-hybridized carbons (Fsp3) is 0. The van der Waals surface area contributed by atoms with Crippen molar-refractivity contribution >= 4 is 38.4 Å². The first-order valence-electron chi connectivity index (χ1n) is 6.10. The molecule has 0 amide bonds. The van der Waals surface area contributed by atoms with Crippen molar-refractivity contribution in [1.29, 1.82) is 5.26 Å². The van der Waals surface area contributed by atoms with Crippen LogP contribution in [0.2, 0.25) is 5.02 Å². The van der Waals surface area contributed by atoms with Crippen LogP contribution in [0.15, 0.2) is 53.1 Å². The van der Waals surface area contributed by atoms with Crippen molar-refractivity contribution in [2.75, 3.05) is 0 Å². The predicted molar refractivity (Wildman–Crippen MR) is 85.7 cm³/mol. The summed E-state index contributed by atoms with van der Waals surface area (Å²) in [6, 6.07) is 14.6. The average molecular weight is 360 g/mol. The molecule has 0 aliphatic heterocycles. The van der Waals surface area contributed by atoms with Crippen LogP contribution < -0.4 is 4.74 Å². The zero-order valence-corrected chi connectivity index (χ0v) is 13.0. The molecule has 0 aliphatic carbocycles. The minimum Gasteiger partial charge on any atom is -0.454 e. The molecule has 3 rings (SSSR count). The second kappa shape index (κ2) is 5.72. The summed E-state index contributed by atoms with van der Waals surface area (Å²) in [6.45, 7) is 0. The molecule has 21 heavy (non-hydrogen) atoms. The number of halogens is 2. The van der Waals surface area contributed by atoms with Crippen LogP contribution in [-0.2, 0) is 0 Å². The molecule has 0 spiro atoms. The lowest BCUT2D eigenvalue weighted by Crippen LogP contribution is -1.91. The molecule has 102 valence electrons. The summed E-state index contributed by atoms with van der Waals surface area (Å²) in [6.07, 6.45) is 1.68. The molecule has 1 aromatic heterocycles. The molecule has 5 heteroatoms. The number of nitriles is 1. The normalized spacial score (nSPS) is 10.3. The van der Waals surface area contributed by atoms with Gasteiger partial charge in [0.2, 0.25) is 0 Å². The highest BCUT2D eigenvalue weighted by Crippen LogP contribution is 2.34. The van der Waals surface area contributed by atoms with E-state index in [1.54, 1.807) is 36.5 Å². The number of ether oxygens (including phenoxy) is 1. The molecule has 0 bridgehead atoms. The van der Waals surface area contributed by atoms with Gasteiger partial charge in [0.05, 0.1) is 10.6 Å². The Labute approximate surface area is 134 Å². The first kappa shape index (κ1) is 13.9. The van der Waals surface area contributed by atoms with Crippen LogP contribution in [0.5, 0.6) is 11.5 Å². The van der Waals surface area contributed by atoms with Crippen molar-refractivity contribution in [2.24, 2.45) is 0 Å². The fourth-order valence-corrected chi connectivity index (χ4v) is 2.54. The second-order valence-electron chi connectivity index (χ2n) is 4.30. The van der Waals surface area contributed by atoms with Gasteiger partial charge in [-0.25, -0.2) is 0 Å². The summed E-state index contributed by atoms with van der Waals surface area (Å²) < 4.78 is 6.71. The lowest BCUT2D eigenvalue weighted by atomic mass is 10.2. The predicted octanol–water partition coefficient (Wildman–Crippen LogP) is 5.31. The Hall–Kier alpha value is -2.09. The molecule has 3 aromatic rings. The van der Waals surface area contributed by atoms with E-state index in [2.05, 4.69) is 27.0 Å². The van der Waals surface area contributed by atoms with Crippen molar-refractivity contribution < 1.29 is 4.74 Å². The first-order valence-corrected chi connectivity index (χ1v) is 7.27. The summed E-state index contributed by atoms with van der Waals surface area (Å²) in [7, 11) is 0. The number of hydrogen-bond acceptors (Lipinski definition) is 3. The Morgan fingerprint density at radius 2 is 2.00 bits per heavy atom. The third kappa shape index (κ3) is 2.71. The SMILES string of the molecule is N#Cc1ccc(Br)cc1Oc1ccc(Cl)c2cccnc12. The van der Waals surface area contributed by atoms with Gasteiger partial charge in [-0.1, -0.05) is 27.5 Å². The van der Waals surface area contributed by atoms with Gasteiger partial charge >= 0.3 is 0 Å². The quantitative estimate of drug-likeness (QED) is 0.622. The van der Waals surface area contributed by atoms with Crippen molar-refractivity contribution in [2.45, 2.75) is 0 Å². The van der Waals surface area contributed by atoms with E-state index < -0.39 is 0 Å². The van der Waals surface area contributed by atoms with Gasteiger partial charge in [-0.15, -0.1) is 0 Å². The van der Waals surface area contributed by atoms with Gasteiger partial charge in [0.15, 0.2) is 5.75 Å². The van der Waals surface area contributed by atoms with Crippen molar-refractivity contribution in [3.8, 4) is 17.6 Å². The van der Waals surface area contributed by atoms with E-state index in [9.17, 15) is 0 Å². The number of hydrogen-bond donors (Lipinski definition) is 0. The van der Waals surface area contributed by atoms with E-state index in [0.29, 0.717) is 27.6 Å². The molecular formula is C16H8BrClN2O. The van der Waals surface area contributed by atoms with Gasteiger partial charge in [0, 0.05) is 16.1 Å². The number of fused-ring (bicyclic) bond motifs is 1. The minimum absolute atomic E-state index is 0.456. The molecule has 0 aliphatic rings. The molecule has 0 fully saturated rings. The summed E-state index contributed by atoms with van der Waals surface area (Å²) >= 11 is 9.53. The van der Waals surface area contributed by atoms with E-state index >= 15 is 0 Å². The van der Waals surface area contributed by atoms with Gasteiger partial charge < -0.3 is 4.74 Å². The molecule has 2 aromatic carbocycles. The van der Waals surface area contributed by atoms with Crippen LogP contribution in [-0.4, -0.2) is 4.98 Å². The van der Waals surface area contributed by atoms with Crippen molar-refractivity contribution in [3.63, 3.8) is 0 Å². The monoisotopic (exact) mass is 358 g/mol. The van der Waals surface area contributed by atoms with E-state index in [-0.39, 0.29) is 0 Å². The van der Waals surface area contributed by atoms with Crippen LogP contribution in [0.4, 0.5) is 0 Å². The maximum atomic E-state index is 9.16. The number of aromatic nitrogens is 1. The lowest BCUT2D eigenvalue weighted by Gasteiger charge is -2.10. The van der Waals surface area contributed by atoms with Crippen LogP contribution in [0, 0.1) is 11.3 Å². The number of rotatable bonds is 2. The summed E-state index contributed by atoms with van der Waals surface area (Å²) in [5.74, 6) is 1.03. The van der Waals surface area contributed by atoms with Gasteiger partial charge in [-0.2, -0.15) is 5.26 Å². The summed E-state index contributed by atoms with van der Waals surface area (Å²) in [5.41, 5.74) is 1.12. The Morgan fingerprint density at radius 1 is 1.14 bits per heavy atom. The third-order valence-electron chi connectivity index (χ3n) is 2.96. The summed E-state index contributed by atoms with van der Waals surface area (Å²) in [5, 5.41) is 10.6. The highest BCUT2D eigenvalue weighted by Gasteiger charge is 2.10. The van der Waals surface area contributed by atoms with E-state index in [1.165, 1.54) is 0 Å². The van der Waals surface area contributed by atoms with Crippen molar-refractivity contribution in [1.82, 2.24) is 4.98 Å². The van der Waals surface area contributed by atoms with E-state index in [1.807, 2.05) is 12.1 Å². The van der Waals surface area contributed by atoms with Gasteiger partial charge in [0.25, 0.3) is 0 Å². The highest BCUT2D eigenvalue weighted by atomic mass is 79.9. The molecule has 0 radical (unpaired) electrons. The smallest absolute Gasteiger partial charge is 0.153 e. The molecular weight excluding hydrogens is 352 g/mol. The van der Waals surface area contributed by atoms with Gasteiger partial charge in [-0.3, -0.25) is 4.98 Å². The maximum absolute atomic E-state index is 9.16. The third-order valence-corrected chi connectivity index (χ3v) is 3.79. The lowest BCUT2D eigenvalue weighted by molar-refractivity contribution is 0.485. The minimum atomic E-state index is 0.456. The number of benzene rings is 2. The Bertz CT molecular complexity index is 874. The topological polar surface area (TPSA) is 45.9 Å². The van der Waals surface area contributed by atoms with Crippen LogP contribution in [0.3, 0.4) is 0 Å². The number of pyridine rings is 1. The Balaban J connectivity index is 2.13. The largest absolute Gasteiger partial charge is 0.454 e. The Morgan fingerprint density at radius 3 is 2.81 bits per heavy atom. The van der Waals surface area contributed by atoms with Gasteiger partial charge in [0.1, 0.15) is 17.3 Å². The van der Waals surface area contributed by atoms with E-state index in [0.717, 1.165) is 9.86 Å². The van der Waals surface area contributed by atoms with Crippen LogP contribution in [0.25, 0.3) is 10.9 Å². The molecule has 0 saturated heterocycles.